The topological polar surface area (TPSA) is 20.2 Å². The molecule has 0 radical (unpaired) electrons. The van der Waals surface area contributed by atoms with E-state index in [1.165, 1.54) is 12.1 Å². The first-order valence-electron chi connectivity index (χ1n) is 5.61. The summed E-state index contributed by atoms with van der Waals surface area (Å²) < 4.78 is 26.6. The van der Waals surface area contributed by atoms with E-state index in [0.29, 0.717) is 24.7 Å². The molecule has 2 rings (SSSR count). The zero-order valence-corrected chi connectivity index (χ0v) is 9.50. The summed E-state index contributed by atoms with van der Waals surface area (Å²) in [6, 6.07) is 3.98. The second kappa shape index (κ2) is 3.81. The van der Waals surface area contributed by atoms with Crippen LogP contribution in [0.1, 0.15) is 32.3 Å². The van der Waals surface area contributed by atoms with Gasteiger partial charge in [0.2, 0.25) is 0 Å². The predicted octanol–water partition coefficient (Wildman–Crippen LogP) is 3.22. The van der Waals surface area contributed by atoms with E-state index in [0.717, 1.165) is 6.07 Å². The Morgan fingerprint density at radius 2 is 1.94 bits per heavy atom. The average molecular weight is 226 g/mol. The largest absolute Gasteiger partial charge is 0.385 e. The average Bonchev–Trinajstić information content (AvgIpc) is 2.17. The highest BCUT2D eigenvalue weighted by molar-refractivity contribution is 5.28. The maximum Gasteiger partial charge on any atom is 0.164 e. The van der Waals surface area contributed by atoms with Crippen LogP contribution in [0.15, 0.2) is 18.2 Å². The number of rotatable bonds is 2. The molecule has 0 aliphatic heterocycles. The molecule has 1 aliphatic carbocycles. The van der Waals surface area contributed by atoms with Gasteiger partial charge in [-0.1, -0.05) is 26.0 Å². The minimum atomic E-state index is -1.17. The van der Waals surface area contributed by atoms with Gasteiger partial charge in [0.05, 0.1) is 5.60 Å². The maximum absolute atomic E-state index is 13.5. The van der Waals surface area contributed by atoms with Crippen molar-refractivity contribution in [2.75, 3.05) is 0 Å². The minimum Gasteiger partial charge on any atom is -0.385 e. The Labute approximate surface area is 94.1 Å². The van der Waals surface area contributed by atoms with Crippen LogP contribution in [0.5, 0.6) is 0 Å². The molecule has 1 nitrogen and oxygen atoms in total. The van der Waals surface area contributed by atoms with E-state index < -0.39 is 17.2 Å². The van der Waals surface area contributed by atoms with E-state index in [2.05, 4.69) is 13.8 Å². The Bertz CT molecular complexity index is 395. The molecule has 16 heavy (non-hydrogen) atoms. The normalized spacial score (nSPS) is 29.2. The summed E-state index contributed by atoms with van der Waals surface area (Å²) >= 11 is 0. The van der Waals surface area contributed by atoms with E-state index in [9.17, 15) is 13.9 Å². The lowest BCUT2D eigenvalue weighted by molar-refractivity contribution is -0.0959. The Balaban J connectivity index is 2.23. The fourth-order valence-corrected chi connectivity index (χ4v) is 2.36. The van der Waals surface area contributed by atoms with Gasteiger partial charge in [-0.2, -0.15) is 0 Å². The molecule has 1 aromatic rings. The summed E-state index contributed by atoms with van der Waals surface area (Å²) in [5.74, 6) is -0.935. The van der Waals surface area contributed by atoms with E-state index in [4.69, 9.17) is 0 Å². The van der Waals surface area contributed by atoms with E-state index in [-0.39, 0.29) is 5.56 Å². The van der Waals surface area contributed by atoms with Crippen LogP contribution in [0.25, 0.3) is 0 Å². The Hall–Kier alpha value is -0.960. The molecule has 0 amide bonds. The monoisotopic (exact) mass is 226 g/mol. The van der Waals surface area contributed by atoms with Crippen molar-refractivity contribution >= 4 is 0 Å². The van der Waals surface area contributed by atoms with Crippen molar-refractivity contribution < 1.29 is 13.9 Å². The third kappa shape index (κ3) is 1.73. The molecule has 0 atom stereocenters. The molecular weight excluding hydrogens is 210 g/mol. The van der Waals surface area contributed by atoms with Crippen molar-refractivity contribution in [3.63, 3.8) is 0 Å². The summed E-state index contributed by atoms with van der Waals surface area (Å²) in [6.07, 6.45) is 1.04. The van der Waals surface area contributed by atoms with Crippen molar-refractivity contribution in [2.45, 2.75) is 32.3 Å². The molecule has 1 aromatic carbocycles. The highest BCUT2D eigenvalue weighted by atomic mass is 19.2. The molecule has 0 unspecified atom stereocenters. The molecule has 88 valence electrons. The van der Waals surface area contributed by atoms with Crippen LogP contribution in [0.4, 0.5) is 8.78 Å². The smallest absolute Gasteiger partial charge is 0.164 e. The predicted molar refractivity (Wildman–Crippen MR) is 57.8 cm³/mol. The van der Waals surface area contributed by atoms with Crippen molar-refractivity contribution in [3.05, 3.63) is 35.4 Å². The van der Waals surface area contributed by atoms with Gasteiger partial charge in [0.15, 0.2) is 11.6 Å². The summed E-state index contributed by atoms with van der Waals surface area (Å²) in [4.78, 5) is 0. The van der Waals surface area contributed by atoms with Crippen LogP contribution < -0.4 is 0 Å². The molecule has 3 heteroatoms. The molecule has 1 N–H and O–H groups in total. The Morgan fingerprint density at radius 1 is 1.31 bits per heavy atom. The number of halogens is 2. The zero-order valence-electron chi connectivity index (χ0n) is 9.50. The third-order valence-electron chi connectivity index (χ3n) is 3.60. The summed E-state index contributed by atoms with van der Waals surface area (Å²) in [7, 11) is 0. The van der Waals surface area contributed by atoms with Crippen molar-refractivity contribution in [1.29, 1.82) is 0 Å². The number of benzene rings is 1. The molecule has 0 saturated heterocycles. The SMILES string of the molecule is CC(C)C1CC(O)(c2cccc(F)c2F)C1. The lowest BCUT2D eigenvalue weighted by Gasteiger charge is -2.46. The molecule has 1 aliphatic rings. The first-order valence-corrected chi connectivity index (χ1v) is 5.61. The zero-order chi connectivity index (χ0) is 11.9. The van der Waals surface area contributed by atoms with Gasteiger partial charge in [-0.25, -0.2) is 8.78 Å². The fraction of sp³-hybridized carbons (Fsp3) is 0.538. The molecule has 1 saturated carbocycles. The molecule has 0 bridgehead atoms. The van der Waals surface area contributed by atoms with Gasteiger partial charge in [-0.3, -0.25) is 0 Å². The lowest BCUT2D eigenvalue weighted by Crippen LogP contribution is -2.43. The Kier molecular flexibility index (Phi) is 2.74. The minimum absolute atomic E-state index is 0.101. The number of hydrogen-bond acceptors (Lipinski definition) is 1. The van der Waals surface area contributed by atoms with Crippen molar-refractivity contribution in [2.24, 2.45) is 11.8 Å². The van der Waals surface area contributed by atoms with Crippen LogP contribution in [0, 0.1) is 23.5 Å². The molecule has 0 heterocycles. The van der Waals surface area contributed by atoms with Gasteiger partial charge in [0.1, 0.15) is 0 Å². The van der Waals surface area contributed by atoms with E-state index >= 15 is 0 Å². The fourth-order valence-electron chi connectivity index (χ4n) is 2.36. The van der Waals surface area contributed by atoms with Gasteiger partial charge in [-0.15, -0.1) is 0 Å². The van der Waals surface area contributed by atoms with Crippen LogP contribution in [0.3, 0.4) is 0 Å². The third-order valence-corrected chi connectivity index (χ3v) is 3.60. The highest BCUT2D eigenvalue weighted by Crippen LogP contribution is 2.49. The summed E-state index contributed by atoms with van der Waals surface area (Å²) in [6.45, 7) is 4.15. The van der Waals surface area contributed by atoms with Crippen LogP contribution >= 0.6 is 0 Å². The summed E-state index contributed by atoms with van der Waals surface area (Å²) in [5, 5.41) is 10.2. The molecule has 0 aromatic heterocycles. The molecule has 1 fully saturated rings. The quantitative estimate of drug-likeness (QED) is 0.821. The van der Waals surface area contributed by atoms with Gasteiger partial charge in [-0.05, 0) is 30.7 Å². The van der Waals surface area contributed by atoms with Gasteiger partial charge in [0.25, 0.3) is 0 Å². The number of hydrogen-bond donors (Lipinski definition) is 1. The highest BCUT2D eigenvalue weighted by Gasteiger charge is 2.46. The first kappa shape index (κ1) is 11.5. The van der Waals surface area contributed by atoms with Crippen LogP contribution in [0.2, 0.25) is 0 Å². The maximum atomic E-state index is 13.5. The van der Waals surface area contributed by atoms with E-state index in [1.54, 1.807) is 0 Å². The van der Waals surface area contributed by atoms with Crippen LogP contribution in [-0.2, 0) is 5.60 Å². The van der Waals surface area contributed by atoms with Crippen LogP contribution in [-0.4, -0.2) is 5.11 Å². The molecular formula is C13H16F2O. The van der Waals surface area contributed by atoms with Crippen molar-refractivity contribution in [3.8, 4) is 0 Å². The first-order chi connectivity index (χ1) is 7.44. The number of aliphatic hydroxyl groups is 1. The van der Waals surface area contributed by atoms with E-state index in [1.807, 2.05) is 0 Å². The van der Waals surface area contributed by atoms with Gasteiger partial charge >= 0.3 is 0 Å². The lowest BCUT2D eigenvalue weighted by atomic mass is 9.63. The van der Waals surface area contributed by atoms with Gasteiger partial charge < -0.3 is 5.11 Å². The molecule has 0 spiro atoms. The second-order valence-electron chi connectivity index (χ2n) is 5.05. The van der Waals surface area contributed by atoms with Crippen molar-refractivity contribution in [1.82, 2.24) is 0 Å². The second-order valence-corrected chi connectivity index (χ2v) is 5.05. The van der Waals surface area contributed by atoms with Gasteiger partial charge in [0, 0.05) is 5.56 Å². The summed E-state index contributed by atoms with van der Waals surface area (Å²) in [5.41, 5.74) is -1.06. The standard InChI is InChI=1S/C13H16F2O/c1-8(2)9-6-13(16,7-9)10-4-3-5-11(14)12(10)15/h3-5,8-9,16H,6-7H2,1-2H3. The Morgan fingerprint density at radius 3 is 2.50 bits per heavy atom.